The largest absolute Gasteiger partial charge is 0.508 e. The summed E-state index contributed by atoms with van der Waals surface area (Å²) < 4.78 is 0. The molecule has 0 unspecified atom stereocenters. The Labute approximate surface area is 209 Å². The third-order valence-electron chi connectivity index (χ3n) is 6.61. The number of aliphatic hydroxyl groups excluding tert-OH is 2. The van der Waals surface area contributed by atoms with Crippen LogP contribution in [-0.4, -0.2) is 64.4 Å². The van der Waals surface area contributed by atoms with Crippen LogP contribution in [0.5, 0.6) is 5.75 Å². The summed E-state index contributed by atoms with van der Waals surface area (Å²) in [6.07, 6.45) is 3.92. The van der Waals surface area contributed by atoms with E-state index in [9.17, 15) is 20.1 Å². The van der Waals surface area contributed by atoms with Crippen LogP contribution in [-0.2, 0) is 24.2 Å². The zero-order chi connectivity index (χ0) is 25.3. The lowest BCUT2D eigenvalue weighted by molar-refractivity contribution is -0.120. The van der Waals surface area contributed by atoms with Crippen LogP contribution < -0.4 is 10.6 Å². The predicted molar refractivity (Wildman–Crippen MR) is 138 cm³/mol. The molecule has 1 amide bonds. The average molecular weight is 484 g/mol. The molecular formula is C28H41N3O4. The highest BCUT2D eigenvalue weighted by Crippen LogP contribution is 2.23. The number of amides is 1. The minimum atomic E-state index is -0.763. The molecule has 7 nitrogen and oxygen atoms in total. The van der Waals surface area contributed by atoms with Gasteiger partial charge in [-0.25, -0.2) is 0 Å². The number of hydrogen-bond donors (Lipinski definition) is 5. The van der Waals surface area contributed by atoms with E-state index >= 15 is 0 Å². The summed E-state index contributed by atoms with van der Waals surface area (Å²) in [6, 6.07) is 12.9. The second-order valence-corrected chi connectivity index (χ2v) is 10.3. The Morgan fingerprint density at radius 1 is 1.11 bits per heavy atom. The van der Waals surface area contributed by atoms with Crippen molar-refractivity contribution in [2.75, 3.05) is 32.7 Å². The number of benzene rings is 2. The van der Waals surface area contributed by atoms with Crippen LogP contribution in [0.4, 0.5) is 0 Å². The molecular weight excluding hydrogens is 442 g/mol. The predicted octanol–water partition coefficient (Wildman–Crippen LogP) is 2.67. The number of aliphatic hydroxyl groups is 2. The first-order chi connectivity index (χ1) is 16.8. The van der Waals surface area contributed by atoms with Crippen molar-refractivity contribution in [1.82, 2.24) is 15.5 Å². The van der Waals surface area contributed by atoms with Gasteiger partial charge in [0, 0.05) is 24.2 Å². The summed E-state index contributed by atoms with van der Waals surface area (Å²) >= 11 is 0. The van der Waals surface area contributed by atoms with Crippen molar-refractivity contribution in [2.45, 2.75) is 64.2 Å². The third-order valence-corrected chi connectivity index (χ3v) is 6.61. The fourth-order valence-corrected chi connectivity index (χ4v) is 4.64. The molecule has 1 saturated heterocycles. The molecule has 35 heavy (non-hydrogen) atoms. The van der Waals surface area contributed by atoms with Crippen LogP contribution in [0.25, 0.3) is 0 Å². The number of β-amino-alcohol motifs (C(OH)–C–C–N with tert-alkyl or cyclic N) is 1. The molecule has 2 aromatic carbocycles. The van der Waals surface area contributed by atoms with Crippen molar-refractivity contribution in [2.24, 2.45) is 0 Å². The van der Waals surface area contributed by atoms with Gasteiger partial charge in [0.2, 0.25) is 5.91 Å². The molecule has 0 spiro atoms. The third kappa shape index (κ3) is 8.93. The monoisotopic (exact) mass is 483 g/mol. The Morgan fingerprint density at radius 3 is 2.60 bits per heavy atom. The van der Waals surface area contributed by atoms with Gasteiger partial charge in [-0.15, -0.1) is 0 Å². The van der Waals surface area contributed by atoms with Crippen LogP contribution in [0, 0.1) is 0 Å². The smallest absolute Gasteiger partial charge is 0.224 e. The summed E-state index contributed by atoms with van der Waals surface area (Å²) in [4.78, 5) is 14.8. The molecule has 0 aliphatic carbocycles. The Bertz CT molecular complexity index is 957. The van der Waals surface area contributed by atoms with Crippen LogP contribution in [0.15, 0.2) is 42.5 Å². The van der Waals surface area contributed by atoms with Crippen LogP contribution >= 0.6 is 0 Å². The van der Waals surface area contributed by atoms with Crippen molar-refractivity contribution in [3.63, 3.8) is 0 Å². The Kier molecular flexibility index (Phi) is 10.1. The van der Waals surface area contributed by atoms with E-state index in [1.54, 1.807) is 12.1 Å². The van der Waals surface area contributed by atoms with E-state index in [1.807, 2.05) is 12.1 Å². The van der Waals surface area contributed by atoms with Crippen molar-refractivity contribution in [1.29, 1.82) is 0 Å². The molecule has 1 aliphatic rings. The lowest BCUT2D eigenvalue weighted by atomic mass is 9.93. The molecule has 5 N–H and O–H groups in total. The number of phenols is 1. The Balaban J connectivity index is 1.45. The molecule has 1 fully saturated rings. The summed E-state index contributed by atoms with van der Waals surface area (Å²) in [5, 5.41) is 36.1. The SMILES string of the molecule is CC(C)(Cc1cccc(CC(=O)NCCCN2CCCC2)c1)NC[C@H](O)c1ccc(O)c(CO)c1. The summed E-state index contributed by atoms with van der Waals surface area (Å²) in [5.74, 6) is 0.0765. The van der Waals surface area contributed by atoms with E-state index < -0.39 is 6.10 Å². The van der Waals surface area contributed by atoms with Crippen molar-refractivity contribution in [3.05, 3.63) is 64.7 Å². The van der Waals surface area contributed by atoms with Gasteiger partial charge in [0.15, 0.2) is 0 Å². The molecule has 1 aliphatic heterocycles. The molecule has 3 rings (SSSR count). The lowest BCUT2D eigenvalue weighted by Gasteiger charge is -2.28. The maximum absolute atomic E-state index is 12.4. The topological polar surface area (TPSA) is 105 Å². The fourth-order valence-electron chi connectivity index (χ4n) is 4.64. The highest BCUT2D eigenvalue weighted by atomic mass is 16.3. The molecule has 1 heterocycles. The molecule has 1 atom stereocenters. The molecule has 0 aromatic heterocycles. The number of nitrogens with zero attached hydrogens (tertiary/aromatic N) is 1. The number of likely N-dealkylation sites (tertiary alicyclic amines) is 1. The van der Waals surface area contributed by atoms with Crippen molar-refractivity contribution < 1.29 is 20.1 Å². The quantitative estimate of drug-likeness (QED) is 0.281. The Morgan fingerprint density at radius 2 is 1.86 bits per heavy atom. The van der Waals surface area contributed by atoms with Gasteiger partial charge in [0.1, 0.15) is 5.75 Å². The van der Waals surface area contributed by atoms with Crippen LogP contribution in [0.1, 0.15) is 61.5 Å². The van der Waals surface area contributed by atoms with E-state index in [-0.39, 0.29) is 23.8 Å². The van der Waals surface area contributed by atoms with Crippen LogP contribution in [0.3, 0.4) is 0 Å². The van der Waals surface area contributed by atoms with Crippen molar-refractivity contribution >= 4 is 5.91 Å². The van der Waals surface area contributed by atoms with Gasteiger partial charge in [0.25, 0.3) is 0 Å². The standard InChI is InChI=1S/C28H41N3O4/c1-28(2,30-19-26(34)23-9-10-25(33)24(17-23)20-32)18-22-8-5-7-21(15-22)16-27(35)29-11-6-14-31-12-3-4-13-31/h5,7-10,15,17,26,30,32-34H,3-4,6,11-14,16,18-20H2,1-2H3,(H,29,35)/t26-/m0/s1. The number of carbonyl (C=O) groups is 1. The Hall–Kier alpha value is -2.45. The lowest BCUT2D eigenvalue weighted by Crippen LogP contribution is -2.43. The minimum Gasteiger partial charge on any atom is -0.508 e. The van der Waals surface area contributed by atoms with Crippen LogP contribution in [0.2, 0.25) is 0 Å². The van der Waals surface area contributed by atoms with E-state index in [1.165, 1.54) is 32.0 Å². The first-order valence-corrected chi connectivity index (χ1v) is 12.7. The van der Waals surface area contributed by atoms with E-state index in [0.717, 1.165) is 37.1 Å². The van der Waals surface area contributed by atoms with E-state index in [2.05, 4.69) is 41.5 Å². The molecule has 0 radical (unpaired) electrons. The van der Waals surface area contributed by atoms with Gasteiger partial charge in [-0.2, -0.15) is 0 Å². The number of nitrogens with one attached hydrogen (secondary N) is 2. The summed E-state index contributed by atoms with van der Waals surface area (Å²) in [7, 11) is 0. The second-order valence-electron chi connectivity index (χ2n) is 10.3. The molecule has 0 bridgehead atoms. The van der Waals surface area contributed by atoms with Gasteiger partial charge in [-0.1, -0.05) is 30.3 Å². The minimum absolute atomic E-state index is 0.0207. The van der Waals surface area contributed by atoms with E-state index in [4.69, 9.17) is 0 Å². The van der Waals surface area contributed by atoms with Crippen molar-refractivity contribution in [3.8, 4) is 5.75 Å². The fraction of sp³-hybridized carbons (Fsp3) is 0.536. The van der Waals surface area contributed by atoms with Gasteiger partial charge in [0.05, 0.1) is 19.1 Å². The highest BCUT2D eigenvalue weighted by Gasteiger charge is 2.21. The van der Waals surface area contributed by atoms with E-state index in [0.29, 0.717) is 24.1 Å². The molecule has 0 saturated carbocycles. The number of carbonyl (C=O) groups excluding carboxylic acids is 1. The molecule has 7 heteroatoms. The second kappa shape index (κ2) is 13.0. The molecule has 2 aromatic rings. The number of aromatic hydroxyl groups is 1. The zero-order valence-electron chi connectivity index (χ0n) is 21.1. The van der Waals surface area contributed by atoms with Gasteiger partial charge < -0.3 is 30.9 Å². The first kappa shape index (κ1) is 27.1. The van der Waals surface area contributed by atoms with Gasteiger partial charge >= 0.3 is 0 Å². The van der Waals surface area contributed by atoms with Gasteiger partial charge in [-0.3, -0.25) is 4.79 Å². The molecule has 192 valence electrons. The zero-order valence-corrected chi connectivity index (χ0v) is 21.1. The number of rotatable bonds is 13. The first-order valence-electron chi connectivity index (χ1n) is 12.7. The number of hydrogen-bond acceptors (Lipinski definition) is 6. The summed E-state index contributed by atoms with van der Waals surface area (Å²) in [5.41, 5.74) is 2.88. The maximum atomic E-state index is 12.4. The summed E-state index contributed by atoms with van der Waals surface area (Å²) in [6.45, 7) is 8.36. The highest BCUT2D eigenvalue weighted by molar-refractivity contribution is 5.78. The maximum Gasteiger partial charge on any atom is 0.224 e. The van der Waals surface area contributed by atoms with Gasteiger partial charge in [-0.05, 0) is 88.0 Å². The average Bonchev–Trinajstić information content (AvgIpc) is 3.34. The normalized spacial score (nSPS) is 15.3.